The molecule has 0 saturated carbocycles. The SMILES string of the molecule is CC[C@@H](C)NC(=O)[C@@H]1CSCN1S(=O)(=O)c1ccccc1F. The molecule has 22 heavy (non-hydrogen) atoms. The number of hydrogen-bond acceptors (Lipinski definition) is 4. The van der Waals surface area contributed by atoms with Gasteiger partial charge in [0.25, 0.3) is 0 Å². The van der Waals surface area contributed by atoms with Gasteiger partial charge in [0, 0.05) is 11.8 Å². The number of carbonyl (C=O) groups excluding carboxylic acids is 1. The summed E-state index contributed by atoms with van der Waals surface area (Å²) in [7, 11) is -4.03. The molecule has 1 amide bonds. The van der Waals surface area contributed by atoms with E-state index in [1.807, 2.05) is 13.8 Å². The van der Waals surface area contributed by atoms with Gasteiger partial charge >= 0.3 is 0 Å². The highest BCUT2D eigenvalue weighted by Gasteiger charge is 2.41. The molecule has 1 saturated heterocycles. The molecule has 122 valence electrons. The maximum Gasteiger partial charge on any atom is 0.247 e. The molecule has 0 radical (unpaired) electrons. The third kappa shape index (κ3) is 3.44. The molecule has 1 N–H and O–H groups in total. The molecule has 0 unspecified atom stereocenters. The van der Waals surface area contributed by atoms with E-state index in [2.05, 4.69) is 5.32 Å². The molecular formula is C14H19FN2O3S2. The molecule has 1 aromatic rings. The van der Waals surface area contributed by atoms with Crippen molar-refractivity contribution in [3.63, 3.8) is 0 Å². The second-order valence-electron chi connectivity index (χ2n) is 5.16. The van der Waals surface area contributed by atoms with Crippen molar-refractivity contribution in [3.8, 4) is 0 Å². The number of nitrogens with zero attached hydrogens (tertiary/aromatic N) is 1. The van der Waals surface area contributed by atoms with E-state index in [0.717, 1.165) is 16.8 Å². The minimum absolute atomic E-state index is 0.0314. The Balaban J connectivity index is 2.27. The monoisotopic (exact) mass is 346 g/mol. The van der Waals surface area contributed by atoms with Crippen molar-refractivity contribution < 1.29 is 17.6 Å². The Morgan fingerprint density at radius 2 is 2.18 bits per heavy atom. The number of thioether (sulfide) groups is 1. The van der Waals surface area contributed by atoms with Crippen LogP contribution in [0, 0.1) is 5.82 Å². The Morgan fingerprint density at radius 1 is 1.50 bits per heavy atom. The molecule has 0 bridgehead atoms. The van der Waals surface area contributed by atoms with E-state index in [1.165, 1.54) is 30.0 Å². The minimum atomic E-state index is -4.03. The van der Waals surface area contributed by atoms with Gasteiger partial charge in [-0.25, -0.2) is 12.8 Å². The molecule has 2 rings (SSSR count). The maximum absolute atomic E-state index is 13.8. The number of amides is 1. The van der Waals surface area contributed by atoms with Crippen molar-refractivity contribution >= 4 is 27.7 Å². The van der Waals surface area contributed by atoms with E-state index in [9.17, 15) is 17.6 Å². The normalized spacial score (nSPS) is 20.8. The Bertz CT molecular complexity index is 651. The van der Waals surface area contributed by atoms with Crippen molar-refractivity contribution in [2.45, 2.75) is 37.2 Å². The lowest BCUT2D eigenvalue weighted by Gasteiger charge is -2.24. The quantitative estimate of drug-likeness (QED) is 0.883. The Kier molecular flexibility index (Phi) is 5.46. The molecule has 0 aliphatic carbocycles. The predicted octanol–water partition coefficient (Wildman–Crippen LogP) is 1.80. The van der Waals surface area contributed by atoms with Gasteiger partial charge in [0.05, 0.1) is 5.88 Å². The third-order valence-corrected chi connectivity index (χ3v) is 6.63. The van der Waals surface area contributed by atoms with Gasteiger partial charge in [-0.1, -0.05) is 19.1 Å². The lowest BCUT2D eigenvalue weighted by Crippen LogP contribution is -2.49. The second-order valence-corrected chi connectivity index (χ2v) is 8.01. The van der Waals surface area contributed by atoms with Crippen molar-refractivity contribution in [1.82, 2.24) is 9.62 Å². The third-order valence-electron chi connectivity index (χ3n) is 3.57. The highest BCUT2D eigenvalue weighted by molar-refractivity contribution is 8.00. The van der Waals surface area contributed by atoms with Crippen LogP contribution in [0.3, 0.4) is 0 Å². The van der Waals surface area contributed by atoms with Crippen LogP contribution in [0.1, 0.15) is 20.3 Å². The highest BCUT2D eigenvalue weighted by Crippen LogP contribution is 2.29. The lowest BCUT2D eigenvalue weighted by atomic mass is 10.2. The topological polar surface area (TPSA) is 66.5 Å². The smallest absolute Gasteiger partial charge is 0.247 e. The molecule has 2 atom stereocenters. The van der Waals surface area contributed by atoms with Crippen molar-refractivity contribution in [1.29, 1.82) is 0 Å². The van der Waals surface area contributed by atoms with Crippen molar-refractivity contribution in [2.24, 2.45) is 0 Å². The molecular weight excluding hydrogens is 327 g/mol. The maximum atomic E-state index is 13.8. The van der Waals surface area contributed by atoms with E-state index < -0.39 is 21.9 Å². The van der Waals surface area contributed by atoms with Crippen molar-refractivity contribution in [2.75, 3.05) is 11.6 Å². The van der Waals surface area contributed by atoms with Gasteiger partial charge in [0.1, 0.15) is 16.8 Å². The van der Waals surface area contributed by atoms with Crippen LogP contribution >= 0.6 is 11.8 Å². The van der Waals surface area contributed by atoms with Gasteiger partial charge in [-0.05, 0) is 25.5 Å². The number of halogens is 1. The molecule has 0 spiro atoms. The number of benzene rings is 1. The van der Waals surface area contributed by atoms with Gasteiger partial charge in [0.2, 0.25) is 15.9 Å². The lowest BCUT2D eigenvalue weighted by molar-refractivity contribution is -0.124. The molecule has 1 aliphatic heterocycles. The summed E-state index contributed by atoms with van der Waals surface area (Å²) < 4.78 is 40.1. The van der Waals surface area contributed by atoms with E-state index in [4.69, 9.17) is 0 Å². The summed E-state index contributed by atoms with van der Waals surface area (Å²) in [6.45, 7) is 3.79. The Hall–Kier alpha value is -1.12. The summed E-state index contributed by atoms with van der Waals surface area (Å²) in [5.41, 5.74) is 0. The number of carbonyl (C=O) groups is 1. The minimum Gasteiger partial charge on any atom is -0.352 e. The first kappa shape index (κ1) is 17.2. The van der Waals surface area contributed by atoms with Gasteiger partial charge in [0.15, 0.2) is 0 Å². The zero-order chi connectivity index (χ0) is 16.3. The first-order valence-corrected chi connectivity index (χ1v) is 9.62. The van der Waals surface area contributed by atoms with E-state index in [-0.39, 0.29) is 22.7 Å². The average molecular weight is 346 g/mol. The summed E-state index contributed by atoms with van der Waals surface area (Å²) in [5, 5.41) is 2.79. The van der Waals surface area contributed by atoms with E-state index in [0.29, 0.717) is 5.75 Å². The standard InChI is InChI=1S/C14H19FN2O3S2/c1-3-10(2)16-14(18)12-8-21-9-17(12)22(19,20)13-7-5-4-6-11(13)15/h4-7,10,12H,3,8-9H2,1-2H3,(H,16,18)/t10-,12+/m1/s1. The highest BCUT2D eigenvalue weighted by atomic mass is 32.2. The number of rotatable bonds is 5. The zero-order valence-corrected chi connectivity index (χ0v) is 14.1. The van der Waals surface area contributed by atoms with Crippen LogP contribution in [0.2, 0.25) is 0 Å². The first-order valence-electron chi connectivity index (χ1n) is 7.02. The van der Waals surface area contributed by atoms with Crippen LogP contribution in [-0.4, -0.2) is 42.3 Å². The largest absolute Gasteiger partial charge is 0.352 e. The zero-order valence-electron chi connectivity index (χ0n) is 12.5. The summed E-state index contributed by atoms with van der Waals surface area (Å²) >= 11 is 1.34. The molecule has 0 aromatic heterocycles. The molecule has 8 heteroatoms. The van der Waals surface area contributed by atoms with Crippen LogP contribution < -0.4 is 5.32 Å². The summed E-state index contributed by atoms with van der Waals surface area (Å²) in [6, 6.07) is 4.38. The molecule has 1 heterocycles. The Morgan fingerprint density at radius 3 is 2.82 bits per heavy atom. The Labute approximate surface area is 134 Å². The van der Waals surface area contributed by atoms with E-state index in [1.54, 1.807) is 0 Å². The van der Waals surface area contributed by atoms with Gasteiger partial charge in [-0.3, -0.25) is 4.79 Å². The summed E-state index contributed by atoms with van der Waals surface area (Å²) in [6.07, 6.45) is 0.756. The fourth-order valence-electron chi connectivity index (χ4n) is 2.09. The van der Waals surface area contributed by atoms with Crippen LogP contribution in [0.15, 0.2) is 29.2 Å². The number of sulfonamides is 1. The van der Waals surface area contributed by atoms with Crippen LogP contribution in [-0.2, 0) is 14.8 Å². The molecule has 1 fully saturated rings. The van der Waals surface area contributed by atoms with Crippen LogP contribution in [0.25, 0.3) is 0 Å². The molecule has 5 nitrogen and oxygen atoms in total. The number of nitrogens with one attached hydrogen (secondary N) is 1. The van der Waals surface area contributed by atoms with E-state index >= 15 is 0 Å². The predicted molar refractivity (Wildman–Crippen MR) is 84.4 cm³/mol. The van der Waals surface area contributed by atoms with Gasteiger partial charge in [-0.15, -0.1) is 11.8 Å². The molecule has 1 aromatic carbocycles. The summed E-state index contributed by atoms with van der Waals surface area (Å²) in [5.74, 6) is -0.620. The van der Waals surface area contributed by atoms with Crippen molar-refractivity contribution in [3.05, 3.63) is 30.1 Å². The fourth-order valence-corrected chi connectivity index (χ4v) is 5.31. The summed E-state index contributed by atoms with van der Waals surface area (Å²) in [4.78, 5) is 11.9. The van der Waals surface area contributed by atoms with Crippen LogP contribution in [0.5, 0.6) is 0 Å². The first-order chi connectivity index (χ1) is 10.4. The number of hydrogen-bond donors (Lipinski definition) is 1. The van der Waals surface area contributed by atoms with Gasteiger partial charge < -0.3 is 5.32 Å². The average Bonchev–Trinajstić information content (AvgIpc) is 2.97. The second kappa shape index (κ2) is 6.97. The molecule has 1 aliphatic rings. The fraction of sp³-hybridized carbons (Fsp3) is 0.500. The van der Waals surface area contributed by atoms with Gasteiger partial charge in [-0.2, -0.15) is 4.31 Å². The van der Waals surface area contributed by atoms with Crippen LogP contribution in [0.4, 0.5) is 4.39 Å².